The molecule has 1 rings (SSSR count). The van der Waals surface area contributed by atoms with Crippen molar-refractivity contribution in [3.05, 3.63) is 11.6 Å². The van der Waals surface area contributed by atoms with Crippen molar-refractivity contribution in [2.45, 2.75) is 25.8 Å². The van der Waals surface area contributed by atoms with Crippen molar-refractivity contribution in [3.8, 4) is 0 Å². The smallest absolute Gasteiger partial charge is 0.150 e. The Balaban J connectivity index is 2.80. The second kappa shape index (κ2) is 4.34. The number of aliphatic hydroxyl groups excluding tert-OH is 1. The van der Waals surface area contributed by atoms with E-state index in [0.29, 0.717) is 6.42 Å². The zero-order valence-corrected chi connectivity index (χ0v) is 8.06. The van der Waals surface area contributed by atoms with E-state index < -0.39 is 0 Å². The first-order valence-electron chi connectivity index (χ1n) is 4.45. The minimum Gasteiger partial charge on any atom is -0.396 e. The molecule has 5 nitrogen and oxygen atoms in total. The zero-order valence-electron chi connectivity index (χ0n) is 8.06. The first kappa shape index (κ1) is 10.1. The molecule has 3 N–H and O–H groups in total. The molecule has 13 heavy (non-hydrogen) atoms. The van der Waals surface area contributed by atoms with Crippen molar-refractivity contribution in [2.75, 3.05) is 6.61 Å². The van der Waals surface area contributed by atoms with Gasteiger partial charge in [-0.25, -0.2) is 4.98 Å². The fourth-order valence-corrected chi connectivity index (χ4v) is 1.19. The summed E-state index contributed by atoms with van der Waals surface area (Å²) >= 11 is 0. The van der Waals surface area contributed by atoms with E-state index >= 15 is 0 Å². The summed E-state index contributed by atoms with van der Waals surface area (Å²) in [5.41, 5.74) is 5.79. The predicted molar refractivity (Wildman–Crippen MR) is 49.0 cm³/mol. The van der Waals surface area contributed by atoms with Crippen LogP contribution in [0.25, 0.3) is 0 Å². The standard InChI is InChI=1S/C8H16N4O/c1-3-7-10-8(12(2)11-7)6(9)4-5-13/h6,13H,3-5,9H2,1-2H3. The van der Waals surface area contributed by atoms with Gasteiger partial charge < -0.3 is 10.8 Å². The molecule has 0 aliphatic heterocycles. The molecular formula is C8H16N4O. The van der Waals surface area contributed by atoms with Gasteiger partial charge in [-0.1, -0.05) is 6.92 Å². The van der Waals surface area contributed by atoms with Crippen LogP contribution in [0.15, 0.2) is 0 Å². The fraction of sp³-hybridized carbons (Fsp3) is 0.750. The number of aromatic nitrogens is 3. The number of hydrogen-bond acceptors (Lipinski definition) is 4. The molecule has 1 atom stereocenters. The van der Waals surface area contributed by atoms with E-state index in [-0.39, 0.29) is 12.6 Å². The molecule has 0 amide bonds. The van der Waals surface area contributed by atoms with Gasteiger partial charge in [0, 0.05) is 20.1 Å². The third-order valence-electron chi connectivity index (χ3n) is 1.93. The summed E-state index contributed by atoms with van der Waals surface area (Å²) < 4.78 is 1.68. The molecular weight excluding hydrogens is 168 g/mol. The first-order chi connectivity index (χ1) is 6.19. The summed E-state index contributed by atoms with van der Waals surface area (Å²) in [5.74, 6) is 1.54. The SMILES string of the molecule is CCc1nc(C(N)CCO)n(C)n1. The minimum absolute atomic E-state index is 0.0789. The van der Waals surface area contributed by atoms with Crippen LogP contribution in [0.4, 0.5) is 0 Å². The van der Waals surface area contributed by atoms with E-state index in [1.165, 1.54) is 0 Å². The quantitative estimate of drug-likeness (QED) is 0.677. The molecule has 1 heterocycles. The number of aliphatic hydroxyl groups is 1. The Kier molecular flexibility index (Phi) is 3.39. The van der Waals surface area contributed by atoms with Crippen LogP contribution < -0.4 is 5.73 Å². The Hall–Kier alpha value is -0.940. The van der Waals surface area contributed by atoms with E-state index in [0.717, 1.165) is 18.1 Å². The maximum atomic E-state index is 8.72. The second-order valence-electron chi connectivity index (χ2n) is 2.98. The predicted octanol–water partition coefficient (Wildman–Crippen LogP) is -0.240. The molecule has 1 unspecified atom stereocenters. The average molecular weight is 184 g/mol. The van der Waals surface area contributed by atoms with Gasteiger partial charge in [0.05, 0.1) is 6.04 Å². The largest absolute Gasteiger partial charge is 0.396 e. The lowest BCUT2D eigenvalue weighted by Crippen LogP contribution is -2.17. The van der Waals surface area contributed by atoms with Crippen LogP contribution in [-0.2, 0) is 13.5 Å². The van der Waals surface area contributed by atoms with Crippen LogP contribution in [0.2, 0.25) is 0 Å². The van der Waals surface area contributed by atoms with E-state index in [1.807, 2.05) is 14.0 Å². The Morgan fingerprint density at radius 2 is 2.31 bits per heavy atom. The van der Waals surface area contributed by atoms with Gasteiger partial charge in [-0.3, -0.25) is 4.68 Å². The molecule has 0 aromatic carbocycles. The van der Waals surface area contributed by atoms with Crippen molar-refractivity contribution in [1.82, 2.24) is 14.8 Å². The number of aryl methyl sites for hydroxylation is 2. The maximum absolute atomic E-state index is 8.72. The number of nitrogens with zero attached hydrogens (tertiary/aromatic N) is 3. The topological polar surface area (TPSA) is 77.0 Å². The normalized spacial score (nSPS) is 13.2. The van der Waals surface area contributed by atoms with Gasteiger partial charge in [0.25, 0.3) is 0 Å². The summed E-state index contributed by atoms with van der Waals surface area (Å²) in [5, 5.41) is 12.9. The van der Waals surface area contributed by atoms with Crippen LogP contribution in [0.3, 0.4) is 0 Å². The molecule has 0 saturated carbocycles. The average Bonchev–Trinajstić information content (AvgIpc) is 2.47. The third kappa shape index (κ3) is 2.26. The van der Waals surface area contributed by atoms with Gasteiger partial charge in [0.2, 0.25) is 0 Å². The van der Waals surface area contributed by atoms with Crippen molar-refractivity contribution < 1.29 is 5.11 Å². The molecule has 0 spiro atoms. The summed E-state index contributed by atoms with van der Waals surface area (Å²) in [7, 11) is 1.82. The Morgan fingerprint density at radius 1 is 1.62 bits per heavy atom. The fourth-order valence-electron chi connectivity index (χ4n) is 1.19. The lowest BCUT2D eigenvalue weighted by Gasteiger charge is -2.07. The van der Waals surface area contributed by atoms with Crippen LogP contribution in [0.5, 0.6) is 0 Å². The van der Waals surface area contributed by atoms with Crippen LogP contribution >= 0.6 is 0 Å². The molecule has 0 aliphatic carbocycles. The van der Waals surface area contributed by atoms with Gasteiger partial charge in [-0.05, 0) is 6.42 Å². The van der Waals surface area contributed by atoms with E-state index in [1.54, 1.807) is 4.68 Å². The molecule has 1 aromatic heterocycles. The van der Waals surface area contributed by atoms with Crippen LogP contribution in [0.1, 0.15) is 31.0 Å². The molecule has 5 heteroatoms. The highest BCUT2D eigenvalue weighted by Crippen LogP contribution is 2.10. The lowest BCUT2D eigenvalue weighted by atomic mass is 10.2. The lowest BCUT2D eigenvalue weighted by molar-refractivity contribution is 0.273. The Bertz CT molecular complexity index is 271. The third-order valence-corrected chi connectivity index (χ3v) is 1.93. The van der Waals surface area contributed by atoms with Crippen molar-refractivity contribution in [3.63, 3.8) is 0 Å². The molecule has 0 radical (unpaired) electrons. The number of hydrogen-bond donors (Lipinski definition) is 2. The maximum Gasteiger partial charge on any atom is 0.150 e. The van der Waals surface area contributed by atoms with Gasteiger partial charge in [0.15, 0.2) is 5.82 Å². The highest BCUT2D eigenvalue weighted by atomic mass is 16.3. The minimum atomic E-state index is -0.220. The Morgan fingerprint density at radius 3 is 2.77 bits per heavy atom. The summed E-state index contributed by atoms with van der Waals surface area (Å²) in [6.45, 7) is 2.08. The highest BCUT2D eigenvalue weighted by molar-refractivity contribution is 4.97. The van der Waals surface area contributed by atoms with E-state index in [9.17, 15) is 0 Å². The molecule has 1 aromatic rings. The van der Waals surface area contributed by atoms with Gasteiger partial charge in [0.1, 0.15) is 5.82 Å². The van der Waals surface area contributed by atoms with Crippen LogP contribution in [0, 0.1) is 0 Å². The molecule has 0 bridgehead atoms. The van der Waals surface area contributed by atoms with E-state index in [2.05, 4.69) is 10.1 Å². The molecule has 0 saturated heterocycles. The van der Waals surface area contributed by atoms with Gasteiger partial charge in [-0.15, -0.1) is 0 Å². The summed E-state index contributed by atoms with van der Waals surface area (Å²) in [6, 6.07) is -0.220. The molecule has 0 aliphatic rings. The zero-order chi connectivity index (χ0) is 9.84. The first-order valence-corrected chi connectivity index (χ1v) is 4.45. The summed E-state index contributed by atoms with van der Waals surface area (Å²) in [4.78, 5) is 4.26. The number of rotatable bonds is 4. The number of nitrogens with two attached hydrogens (primary N) is 1. The van der Waals surface area contributed by atoms with Crippen molar-refractivity contribution in [2.24, 2.45) is 12.8 Å². The highest BCUT2D eigenvalue weighted by Gasteiger charge is 2.13. The molecule has 0 fully saturated rings. The second-order valence-corrected chi connectivity index (χ2v) is 2.98. The van der Waals surface area contributed by atoms with Gasteiger partial charge in [-0.2, -0.15) is 5.10 Å². The molecule has 74 valence electrons. The summed E-state index contributed by atoms with van der Waals surface area (Å²) in [6.07, 6.45) is 1.33. The van der Waals surface area contributed by atoms with Crippen molar-refractivity contribution in [1.29, 1.82) is 0 Å². The van der Waals surface area contributed by atoms with Crippen LogP contribution in [-0.4, -0.2) is 26.5 Å². The Labute approximate surface area is 77.6 Å². The van der Waals surface area contributed by atoms with Crippen molar-refractivity contribution >= 4 is 0 Å². The van der Waals surface area contributed by atoms with E-state index in [4.69, 9.17) is 10.8 Å². The van der Waals surface area contributed by atoms with Gasteiger partial charge >= 0.3 is 0 Å². The monoisotopic (exact) mass is 184 g/mol.